The molecule has 1 aliphatic heterocycles. The SMILES string of the molecule is Cc1oc2ccc(OCc3ccnn3CC(F)F)cc2c1C(=O)NC1(CO)CCNC1=O. The summed E-state index contributed by atoms with van der Waals surface area (Å²) in [6, 6.07) is 6.47. The van der Waals surface area contributed by atoms with Gasteiger partial charge in [-0.15, -0.1) is 0 Å². The molecule has 1 fully saturated rings. The lowest BCUT2D eigenvalue weighted by Crippen LogP contribution is -2.56. The zero-order chi connectivity index (χ0) is 22.9. The molecule has 9 nitrogen and oxygen atoms in total. The number of carbonyl (C=O) groups is 2. The van der Waals surface area contributed by atoms with Crippen LogP contribution in [0.3, 0.4) is 0 Å². The molecule has 1 aliphatic rings. The third-order valence-electron chi connectivity index (χ3n) is 5.46. The fourth-order valence-electron chi connectivity index (χ4n) is 3.77. The molecule has 0 bridgehead atoms. The van der Waals surface area contributed by atoms with Crippen molar-refractivity contribution in [3.05, 3.63) is 47.5 Å². The van der Waals surface area contributed by atoms with E-state index in [1.165, 1.54) is 10.9 Å². The van der Waals surface area contributed by atoms with Gasteiger partial charge in [-0.25, -0.2) is 8.78 Å². The molecule has 0 aliphatic carbocycles. The van der Waals surface area contributed by atoms with Gasteiger partial charge in [-0.3, -0.25) is 14.3 Å². The molecule has 0 saturated carbocycles. The number of nitrogens with zero attached hydrogens (tertiary/aromatic N) is 2. The van der Waals surface area contributed by atoms with Crippen LogP contribution in [0.5, 0.6) is 5.75 Å². The molecular formula is C21H22F2N4O5. The lowest BCUT2D eigenvalue weighted by atomic mass is 9.97. The van der Waals surface area contributed by atoms with Crippen molar-refractivity contribution in [3.8, 4) is 5.75 Å². The van der Waals surface area contributed by atoms with E-state index in [0.717, 1.165) is 0 Å². The summed E-state index contributed by atoms with van der Waals surface area (Å²) in [5, 5.41) is 19.3. The molecule has 1 saturated heterocycles. The molecule has 2 aromatic heterocycles. The number of hydrogen-bond donors (Lipinski definition) is 3. The van der Waals surface area contributed by atoms with E-state index >= 15 is 0 Å². The Hall–Kier alpha value is -3.47. The molecule has 0 spiro atoms. The molecule has 1 atom stereocenters. The molecule has 0 radical (unpaired) electrons. The van der Waals surface area contributed by atoms with Gasteiger partial charge in [0.25, 0.3) is 12.3 Å². The number of nitrogens with one attached hydrogen (secondary N) is 2. The average molecular weight is 448 g/mol. The summed E-state index contributed by atoms with van der Waals surface area (Å²) in [6.45, 7) is 0.921. The van der Waals surface area contributed by atoms with Crippen molar-refractivity contribution in [2.45, 2.75) is 38.5 Å². The van der Waals surface area contributed by atoms with E-state index in [2.05, 4.69) is 15.7 Å². The number of benzene rings is 1. The summed E-state index contributed by atoms with van der Waals surface area (Å²) in [7, 11) is 0. The first-order chi connectivity index (χ1) is 15.3. The summed E-state index contributed by atoms with van der Waals surface area (Å²) in [5.41, 5.74) is -0.245. The van der Waals surface area contributed by atoms with Crippen molar-refractivity contribution in [1.29, 1.82) is 0 Å². The smallest absolute Gasteiger partial charge is 0.257 e. The summed E-state index contributed by atoms with van der Waals surface area (Å²) in [6.07, 6.45) is -0.851. The Morgan fingerprint density at radius 2 is 2.25 bits per heavy atom. The predicted molar refractivity (Wildman–Crippen MR) is 108 cm³/mol. The van der Waals surface area contributed by atoms with Gasteiger partial charge in [0, 0.05) is 18.1 Å². The number of hydrogen-bond acceptors (Lipinski definition) is 6. The van der Waals surface area contributed by atoms with Gasteiger partial charge in [0.05, 0.1) is 17.9 Å². The molecule has 170 valence electrons. The lowest BCUT2D eigenvalue weighted by Gasteiger charge is -2.24. The highest BCUT2D eigenvalue weighted by Gasteiger charge is 2.44. The first-order valence-electron chi connectivity index (χ1n) is 9.99. The van der Waals surface area contributed by atoms with Gasteiger partial charge < -0.3 is 24.9 Å². The number of aryl methyl sites for hydroxylation is 1. The second-order valence-electron chi connectivity index (χ2n) is 7.58. The molecule has 3 N–H and O–H groups in total. The maximum atomic E-state index is 13.0. The van der Waals surface area contributed by atoms with E-state index in [-0.39, 0.29) is 18.6 Å². The van der Waals surface area contributed by atoms with Gasteiger partial charge in [0.2, 0.25) is 5.91 Å². The first kappa shape index (κ1) is 21.8. The number of amides is 2. The largest absolute Gasteiger partial charge is 0.487 e. The van der Waals surface area contributed by atoms with E-state index in [0.29, 0.717) is 34.7 Å². The number of carbonyl (C=O) groups excluding carboxylic acids is 2. The maximum Gasteiger partial charge on any atom is 0.257 e. The van der Waals surface area contributed by atoms with Gasteiger partial charge in [0.15, 0.2) is 0 Å². The number of aliphatic hydroxyl groups excluding tert-OH is 1. The van der Waals surface area contributed by atoms with Crippen LogP contribution in [0, 0.1) is 6.92 Å². The summed E-state index contributed by atoms with van der Waals surface area (Å²) in [4.78, 5) is 25.2. The standard InChI is InChI=1S/C21H22F2N4O5/c1-12-18(19(29)26-21(11-28)5-7-24-20(21)30)15-8-14(2-3-16(15)32-12)31-10-13-4-6-25-27(13)9-17(22)23/h2-4,6,8,17,28H,5,7,9-11H2,1H3,(H,24,30)(H,26,29). The quantitative estimate of drug-likeness (QED) is 0.483. The fraction of sp³-hybridized carbons (Fsp3) is 0.381. The van der Waals surface area contributed by atoms with E-state index < -0.39 is 36.9 Å². The van der Waals surface area contributed by atoms with Crippen molar-refractivity contribution >= 4 is 22.8 Å². The normalized spacial score (nSPS) is 18.3. The maximum absolute atomic E-state index is 13.0. The highest BCUT2D eigenvalue weighted by molar-refractivity contribution is 6.09. The van der Waals surface area contributed by atoms with E-state index in [4.69, 9.17) is 9.15 Å². The molecular weight excluding hydrogens is 426 g/mol. The monoisotopic (exact) mass is 448 g/mol. The minimum Gasteiger partial charge on any atom is -0.487 e. The summed E-state index contributed by atoms with van der Waals surface area (Å²) >= 11 is 0. The molecule has 3 heterocycles. The fourth-order valence-corrected chi connectivity index (χ4v) is 3.77. The zero-order valence-corrected chi connectivity index (χ0v) is 17.2. The molecule has 11 heteroatoms. The van der Waals surface area contributed by atoms with Crippen LogP contribution in [0.15, 0.2) is 34.9 Å². The molecule has 4 rings (SSSR count). The number of aliphatic hydroxyl groups is 1. The highest BCUT2D eigenvalue weighted by Crippen LogP contribution is 2.30. The van der Waals surface area contributed by atoms with E-state index in [1.54, 1.807) is 31.2 Å². The van der Waals surface area contributed by atoms with Crippen molar-refractivity contribution in [3.63, 3.8) is 0 Å². The van der Waals surface area contributed by atoms with Crippen molar-refractivity contribution < 1.29 is 32.6 Å². The molecule has 3 aromatic rings. The van der Waals surface area contributed by atoms with Crippen molar-refractivity contribution in [2.75, 3.05) is 13.2 Å². The summed E-state index contributed by atoms with van der Waals surface area (Å²) in [5.74, 6) is -0.258. The Kier molecular flexibility index (Phi) is 5.83. The van der Waals surface area contributed by atoms with Crippen LogP contribution in [0.1, 0.15) is 28.2 Å². The molecule has 1 unspecified atom stereocenters. The number of rotatable bonds is 8. The van der Waals surface area contributed by atoms with Crippen molar-refractivity contribution in [2.24, 2.45) is 0 Å². The number of furan rings is 1. The van der Waals surface area contributed by atoms with Crippen LogP contribution in [-0.4, -0.2) is 51.8 Å². The number of fused-ring (bicyclic) bond motifs is 1. The predicted octanol–water partition coefficient (Wildman–Crippen LogP) is 1.76. The van der Waals surface area contributed by atoms with Crippen LogP contribution in [0.25, 0.3) is 11.0 Å². The Morgan fingerprint density at radius 3 is 2.94 bits per heavy atom. The van der Waals surface area contributed by atoms with Gasteiger partial charge in [0.1, 0.15) is 35.8 Å². The van der Waals surface area contributed by atoms with E-state index in [9.17, 15) is 23.5 Å². The Labute approximate surface area is 181 Å². The minimum atomic E-state index is -2.54. The Bertz CT molecular complexity index is 1160. The molecule has 32 heavy (non-hydrogen) atoms. The van der Waals surface area contributed by atoms with Crippen LogP contribution in [0.2, 0.25) is 0 Å². The van der Waals surface area contributed by atoms with Gasteiger partial charge >= 0.3 is 0 Å². The van der Waals surface area contributed by atoms with Gasteiger partial charge in [-0.05, 0) is 37.6 Å². The first-order valence-corrected chi connectivity index (χ1v) is 9.99. The highest BCUT2D eigenvalue weighted by atomic mass is 19.3. The van der Waals surface area contributed by atoms with Crippen LogP contribution >= 0.6 is 0 Å². The Morgan fingerprint density at radius 1 is 1.44 bits per heavy atom. The number of halogens is 2. The number of alkyl halides is 2. The second kappa shape index (κ2) is 8.58. The lowest BCUT2D eigenvalue weighted by molar-refractivity contribution is -0.125. The number of ether oxygens (including phenoxy) is 1. The van der Waals surface area contributed by atoms with Crippen molar-refractivity contribution in [1.82, 2.24) is 20.4 Å². The molecule has 2 amide bonds. The average Bonchev–Trinajstić information content (AvgIpc) is 3.43. The third-order valence-corrected chi connectivity index (χ3v) is 5.46. The Balaban J connectivity index is 1.57. The second-order valence-corrected chi connectivity index (χ2v) is 7.58. The molecule has 1 aromatic carbocycles. The third kappa shape index (κ3) is 4.03. The topological polar surface area (TPSA) is 119 Å². The van der Waals surface area contributed by atoms with Crippen LogP contribution < -0.4 is 15.4 Å². The van der Waals surface area contributed by atoms with Crippen LogP contribution in [-0.2, 0) is 17.9 Å². The summed E-state index contributed by atoms with van der Waals surface area (Å²) < 4.78 is 37.9. The van der Waals surface area contributed by atoms with Gasteiger partial charge in [-0.1, -0.05) is 0 Å². The number of aromatic nitrogens is 2. The zero-order valence-electron chi connectivity index (χ0n) is 17.2. The minimum absolute atomic E-state index is 0.00435. The van der Waals surface area contributed by atoms with Crippen LogP contribution in [0.4, 0.5) is 8.78 Å². The van der Waals surface area contributed by atoms with Gasteiger partial charge in [-0.2, -0.15) is 5.10 Å². The van der Waals surface area contributed by atoms with E-state index in [1.807, 2.05) is 0 Å².